The summed E-state index contributed by atoms with van der Waals surface area (Å²) < 4.78 is 2.00. The summed E-state index contributed by atoms with van der Waals surface area (Å²) in [5.41, 5.74) is 4.24. The number of nitrogens with zero attached hydrogens (tertiary/aromatic N) is 6. The van der Waals surface area contributed by atoms with Gasteiger partial charge in [0, 0.05) is 55.2 Å². The second kappa shape index (κ2) is 7.72. The summed E-state index contributed by atoms with van der Waals surface area (Å²) in [6.45, 7) is 4.04. The lowest BCUT2D eigenvalue weighted by Crippen LogP contribution is -2.48. The SMILES string of the molecule is CC(Nc1nc2nccn2c2ccc(N3CCN(C)C(=O)C3)cc12)c1cccc(C2CC2)n1. The Morgan fingerprint density at radius 1 is 1.12 bits per heavy atom. The molecule has 1 saturated heterocycles. The Hall–Kier alpha value is -3.68. The molecular weight excluding hydrogens is 414 g/mol. The van der Waals surface area contributed by atoms with Crippen molar-refractivity contribution >= 4 is 34.1 Å². The molecule has 0 spiro atoms. The molecule has 1 aliphatic heterocycles. The molecule has 1 N–H and O–H groups in total. The van der Waals surface area contributed by atoms with Gasteiger partial charge in [0.25, 0.3) is 0 Å². The third kappa shape index (κ3) is 3.65. The number of rotatable bonds is 5. The number of likely N-dealkylation sites (N-methyl/N-ethyl adjacent to an activating group) is 1. The Bertz CT molecular complexity index is 1360. The first-order valence-electron chi connectivity index (χ1n) is 11.6. The van der Waals surface area contributed by atoms with Crippen molar-refractivity contribution in [3.63, 3.8) is 0 Å². The van der Waals surface area contributed by atoms with E-state index < -0.39 is 0 Å². The molecule has 0 bridgehead atoms. The molecule has 1 saturated carbocycles. The van der Waals surface area contributed by atoms with Crippen LogP contribution in [0.3, 0.4) is 0 Å². The van der Waals surface area contributed by atoms with E-state index in [1.165, 1.54) is 18.5 Å². The summed E-state index contributed by atoms with van der Waals surface area (Å²) >= 11 is 0. The molecule has 1 atom stereocenters. The minimum absolute atomic E-state index is 0.00863. The lowest BCUT2D eigenvalue weighted by molar-refractivity contribution is -0.129. The van der Waals surface area contributed by atoms with E-state index in [1.807, 2.05) is 17.6 Å². The normalized spacial score (nSPS) is 17.7. The van der Waals surface area contributed by atoms with E-state index in [2.05, 4.69) is 58.5 Å². The van der Waals surface area contributed by atoms with Crippen molar-refractivity contribution in [1.82, 2.24) is 24.3 Å². The lowest BCUT2D eigenvalue weighted by Gasteiger charge is -2.33. The number of amides is 1. The van der Waals surface area contributed by atoms with Crippen molar-refractivity contribution in [2.75, 3.05) is 36.9 Å². The first kappa shape index (κ1) is 20.0. The fourth-order valence-corrected chi connectivity index (χ4v) is 4.53. The molecule has 8 nitrogen and oxygen atoms in total. The average Bonchev–Trinajstić information content (AvgIpc) is 3.58. The molecule has 1 aromatic carbocycles. The van der Waals surface area contributed by atoms with Crippen LogP contribution in [0.15, 0.2) is 48.8 Å². The van der Waals surface area contributed by atoms with E-state index in [-0.39, 0.29) is 11.9 Å². The van der Waals surface area contributed by atoms with Gasteiger partial charge in [0.05, 0.1) is 23.8 Å². The van der Waals surface area contributed by atoms with E-state index in [0.717, 1.165) is 41.2 Å². The molecule has 1 aliphatic carbocycles. The second-order valence-corrected chi connectivity index (χ2v) is 9.12. The molecule has 0 radical (unpaired) electrons. The highest BCUT2D eigenvalue weighted by molar-refractivity contribution is 5.94. The quantitative estimate of drug-likeness (QED) is 0.510. The lowest BCUT2D eigenvalue weighted by atomic mass is 10.1. The Morgan fingerprint density at radius 2 is 2.00 bits per heavy atom. The molecular formula is C25H27N7O. The highest BCUT2D eigenvalue weighted by Gasteiger charge is 2.26. The van der Waals surface area contributed by atoms with Gasteiger partial charge in [-0.1, -0.05) is 6.07 Å². The minimum atomic E-state index is -0.00863. The fraction of sp³-hybridized carbons (Fsp3) is 0.360. The monoisotopic (exact) mass is 441 g/mol. The Labute approximate surface area is 192 Å². The van der Waals surface area contributed by atoms with Gasteiger partial charge in [0.15, 0.2) is 0 Å². The van der Waals surface area contributed by atoms with Gasteiger partial charge in [0.2, 0.25) is 11.7 Å². The third-order valence-corrected chi connectivity index (χ3v) is 6.73. The average molecular weight is 442 g/mol. The van der Waals surface area contributed by atoms with Gasteiger partial charge in [-0.3, -0.25) is 14.2 Å². The second-order valence-electron chi connectivity index (χ2n) is 9.12. The molecule has 1 amide bonds. The van der Waals surface area contributed by atoms with Crippen molar-refractivity contribution in [3.8, 4) is 0 Å². The maximum Gasteiger partial charge on any atom is 0.241 e. The van der Waals surface area contributed by atoms with Gasteiger partial charge in [-0.25, -0.2) is 4.98 Å². The van der Waals surface area contributed by atoms with Gasteiger partial charge < -0.3 is 15.1 Å². The minimum Gasteiger partial charge on any atom is -0.361 e. The zero-order valence-corrected chi connectivity index (χ0v) is 18.9. The molecule has 1 unspecified atom stereocenters. The first-order valence-corrected chi connectivity index (χ1v) is 11.6. The number of hydrogen-bond acceptors (Lipinski definition) is 6. The van der Waals surface area contributed by atoms with E-state index in [1.54, 1.807) is 11.1 Å². The number of benzene rings is 1. The smallest absolute Gasteiger partial charge is 0.241 e. The summed E-state index contributed by atoms with van der Waals surface area (Å²) in [6, 6.07) is 12.6. The maximum absolute atomic E-state index is 12.3. The molecule has 2 aliphatic rings. The van der Waals surface area contributed by atoms with E-state index in [4.69, 9.17) is 9.97 Å². The maximum atomic E-state index is 12.3. The van der Waals surface area contributed by atoms with Crippen LogP contribution in [0, 0.1) is 0 Å². The van der Waals surface area contributed by atoms with Gasteiger partial charge in [0.1, 0.15) is 5.82 Å². The fourth-order valence-electron chi connectivity index (χ4n) is 4.53. The highest BCUT2D eigenvalue weighted by Crippen LogP contribution is 2.39. The first-order chi connectivity index (χ1) is 16.1. The number of anilines is 2. The van der Waals surface area contributed by atoms with Crippen molar-refractivity contribution < 1.29 is 4.79 Å². The van der Waals surface area contributed by atoms with E-state index in [0.29, 0.717) is 18.2 Å². The van der Waals surface area contributed by atoms with Crippen LogP contribution in [-0.4, -0.2) is 56.8 Å². The number of pyridine rings is 1. The number of fused-ring (bicyclic) bond motifs is 3. The number of aromatic nitrogens is 4. The van der Waals surface area contributed by atoms with Crippen molar-refractivity contribution in [2.24, 2.45) is 0 Å². The molecule has 2 fully saturated rings. The predicted molar refractivity (Wildman–Crippen MR) is 129 cm³/mol. The van der Waals surface area contributed by atoms with Crippen LogP contribution < -0.4 is 10.2 Å². The summed E-state index contributed by atoms with van der Waals surface area (Å²) in [7, 11) is 1.86. The van der Waals surface area contributed by atoms with Crippen molar-refractivity contribution in [2.45, 2.75) is 31.7 Å². The van der Waals surface area contributed by atoms with E-state index >= 15 is 0 Å². The van der Waals surface area contributed by atoms with Gasteiger partial charge >= 0.3 is 0 Å². The van der Waals surface area contributed by atoms with Crippen LogP contribution in [-0.2, 0) is 4.79 Å². The van der Waals surface area contributed by atoms with Crippen molar-refractivity contribution in [1.29, 1.82) is 0 Å². The van der Waals surface area contributed by atoms with E-state index in [9.17, 15) is 4.79 Å². The number of carbonyl (C=O) groups excluding carboxylic acids is 1. The summed E-state index contributed by atoms with van der Waals surface area (Å²) in [5.74, 6) is 2.18. The van der Waals surface area contributed by atoms with Crippen LogP contribution in [0.2, 0.25) is 0 Å². The van der Waals surface area contributed by atoms with Gasteiger partial charge in [-0.05, 0) is 50.1 Å². The Balaban J connectivity index is 1.39. The Morgan fingerprint density at radius 3 is 2.82 bits per heavy atom. The summed E-state index contributed by atoms with van der Waals surface area (Å²) in [4.78, 5) is 30.3. The van der Waals surface area contributed by atoms with Gasteiger partial charge in [-0.15, -0.1) is 0 Å². The number of hydrogen-bond donors (Lipinski definition) is 1. The summed E-state index contributed by atoms with van der Waals surface area (Å²) in [6.07, 6.45) is 6.16. The molecule has 3 aromatic heterocycles. The predicted octanol–water partition coefficient (Wildman–Crippen LogP) is 3.61. The van der Waals surface area contributed by atoms with Crippen molar-refractivity contribution in [3.05, 3.63) is 60.2 Å². The third-order valence-electron chi connectivity index (χ3n) is 6.73. The Kier molecular flexibility index (Phi) is 4.67. The highest BCUT2D eigenvalue weighted by atomic mass is 16.2. The number of piperazine rings is 1. The molecule has 33 heavy (non-hydrogen) atoms. The number of nitrogens with one attached hydrogen (secondary N) is 1. The van der Waals surface area contributed by atoms with Crippen LogP contribution in [0.1, 0.15) is 43.1 Å². The van der Waals surface area contributed by atoms with Crippen LogP contribution >= 0.6 is 0 Å². The largest absolute Gasteiger partial charge is 0.361 e. The topological polar surface area (TPSA) is 78.7 Å². The standard InChI is InChI=1S/C25H27N7O/c1-16(20-4-3-5-21(28-20)17-6-7-17)27-24-19-14-18(31-13-12-30(2)23(33)15-31)8-9-22(19)32-11-10-26-25(32)29-24/h3-5,8-11,14,16-17H,6-7,12-13,15H2,1-2H3,(H,26,27,29). The summed E-state index contributed by atoms with van der Waals surface area (Å²) in [5, 5.41) is 4.59. The number of imidazole rings is 1. The number of carbonyl (C=O) groups is 1. The van der Waals surface area contributed by atoms with Gasteiger partial charge in [-0.2, -0.15) is 4.98 Å². The zero-order valence-electron chi connectivity index (χ0n) is 18.9. The zero-order chi connectivity index (χ0) is 22.5. The van der Waals surface area contributed by atoms with Crippen LogP contribution in [0.25, 0.3) is 16.7 Å². The van der Waals surface area contributed by atoms with Crippen LogP contribution in [0.4, 0.5) is 11.5 Å². The molecule has 4 aromatic rings. The molecule has 168 valence electrons. The molecule has 6 rings (SSSR count). The van der Waals surface area contributed by atoms with Crippen LogP contribution in [0.5, 0.6) is 0 Å². The molecule has 4 heterocycles. The molecule has 8 heteroatoms.